The van der Waals surface area contributed by atoms with Crippen molar-refractivity contribution in [3.05, 3.63) is 27.8 Å². The molecule has 2 radical (unpaired) electrons. The molecule has 1 aromatic rings. The van der Waals surface area contributed by atoms with E-state index in [0.717, 1.165) is 5.46 Å². The molecule has 1 aromatic carbocycles. The number of hydrogen-bond donors (Lipinski definition) is 0. The molecule has 18 heavy (non-hydrogen) atoms. The zero-order valence-electron chi connectivity index (χ0n) is 12.0. The lowest BCUT2D eigenvalue weighted by atomic mass is 9.71. The Morgan fingerprint density at radius 3 is 1.78 bits per heavy atom. The van der Waals surface area contributed by atoms with Gasteiger partial charge in [-0.25, -0.2) is 0 Å². The molecule has 0 atom stereocenters. The van der Waals surface area contributed by atoms with E-state index in [-0.39, 0.29) is 0 Å². The van der Waals surface area contributed by atoms with E-state index in [4.69, 9.17) is 7.85 Å². The standard InChI is InChI=1S/C17H23B/c1-4-17(2,3)15-11-7-5-9-13(11)16(18)14-10-6-8-12(14)15/h4-10H2,1-3H3. The molecule has 0 N–H and O–H groups in total. The van der Waals surface area contributed by atoms with Crippen LogP contribution in [0.2, 0.25) is 0 Å². The van der Waals surface area contributed by atoms with Crippen molar-refractivity contribution in [1.29, 1.82) is 0 Å². The number of hydrogen-bond acceptors (Lipinski definition) is 0. The lowest BCUT2D eigenvalue weighted by Gasteiger charge is -2.31. The molecular formula is C17H23B. The maximum Gasteiger partial charge on any atom is 0.114 e. The molecule has 0 saturated heterocycles. The van der Waals surface area contributed by atoms with Crippen LogP contribution in [0.3, 0.4) is 0 Å². The number of rotatable bonds is 2. The van der Waals surface area contributed by atoms with Crippen molar-refractivity contribution in [3.8, 4) is 0 Å². The Morgan fingerprint density at radius 2 is 1.33 bits per heavy atom. The van der Waals surface area contributed by atoms with Crippen LogP contribution in [0.15, 0.2) is 0 Å². The van der Waals surface area contributed by atoms with Gasteiger partial charge in [0.05, 0.1) is 0 Å². The van der Waals surface area contributed by atoms with Crippen molar-refractivity contribution < 1.29 is 0 Å². The first-order valence-electron chi connectivity index (χ1n) is 7.51. The average molecular weight is 238 g/mol. The number of benzene rings is 1. The maximum atomic E-state index is 6.44. The van der Waals surface area contributed by atoms with Crippen LogP contribution < -0.4 is 5.46 Å². The van der Waals surface area contributed by atoms with E-state index in [1.54, 1.807) is 16.7 Å². The van der Waals surface area contributed by atoms with Gasteiger partial charge in [-0.3, -0.25) is 0 Å². The molecule has 0 unspecified atom stereocenters. The second-order valence-corrected chi connectivity index (χ2v) is 6.65. The minimum atomic E-state index is 0.316. The van der Waals surface area contributed by atoms with Gasteiger partial charge in [-0.15, -0.1) is 0 Å². The minimum absolute atomic E-state index is 0.316. The molecule has 0 amide bonds. The van der Waals surface area contributed by atoms with E-state index in [2.05, 4.69) is 20.8 Å². The zero-order chi connectivity index (χ0) is 12.9. The van der Waals surface area contributed by atoms with Gasteiger partial charge in [-0.1, -0.05) is 37.4 Å². The summed E-state index contributed by atoms with van der Waals surface area (Å²) in [6.45, 7) is 7.14. The van der Waals surface area contributed by atoms with Gasteiger partial charge < -0.3 is 0 Å². The molecule has 94 valence electrons. The fourth-order valence-corrected chi connectivity index (χ4v) is 3.99. The van der Waals surface area contributed by atoms with Crippen LogP contribution in [0.1, 0.15) is 67.9 Å². The Labute approximate surface area is 113 Å². The van der Waals surface area contributed by atoms with E-state index in [1.165, 1.54) is 56.1 Å². The predicted octanol–water partition coefficient (Wildman–Crippen LogP) is 3.15. The van der Waals surface area contributed by atoms with E-state index in [0.29, 0.717) is 5.41 Å². The Hall–Kier alpha value is -0.715. The Morgan fingerprint density at radius 1 is 0.889 bits per heavy atom. The highest BCUT2D eigenvalue weighted by atomic mass is 14.4. The van der Waals surface area contributed by atoms with E-state index < -0.39 is 0 Å². The summed E-state index contributed by atoms with van der Waals surface area (Å²) in [5, 5.41) is 0. The van der Waals surface area contributed by atoms with Crippen LogP contribution >= 0.6 is 0 Å². The summed E-state index contributed by atoms with van der Waals surface area (Å²) in [4.78, 5) is 0. The molecule has 0 aliphatic heterocycles. The molecule has 0 bridgehead atoms. The Kier molecular flexibility index (Phi) is 2.84. The molecule has 0 aromatic heterocycles. The smallest absolute Gasteiger partial charge is 0.0898 e. The van der Waals surface area contributed by atoms with Crippen molar-refractivity contribution >= 4 is 13.3 Å². The second kappa shape index (κ2) is 4.15. The van der Waals surface area contributed by atoms with Gasteiger partial charge in [-0.2, -0.15) is 0 Å². The summed E-state index contributed by atoms with van der Waals surface area (Å²) < 4.78 is 0. The first-order chi connectivity index (χ1) is 8.56. The largest absolute Gasteiger partial charge is 0.114 e. The highest BCUT2D eigenvalue weighted by Gasteiger charge is 2.32. The monoisotopic (exact) mass is 238 g/mol. The lowest BCUT2D eigenvalue weighted by Crippen LogP contribution is -2.26. The van der Waals surface area contributed by atoms with Crippen LogP contribution in [0.4, 0.5) is 0 Å². The summed E-state index contributed by atoms with van der Waals surface area (Å²) in [7, 11) is 6.44. The summed E-state index contributed by atoms with van der Waals surface area (Å²) >= 11 is 0. The van der Waals surface area contributed by atoms with E-state index in [1.807, 2.05) is 0 Å². The van der Waals surface area contributed by atoms with Gasteiger partial charge >= 0.3 is 0 Å². The lowest BCUT2D eigenvalue weighted by molar-refractivity contribution is 0.497. The summed E-state index contributed by atoms with van der Waals surface area (Å²) in [6, 6.07) is 0. The van der Waals surface area contributed by atoms with Crippen LogP contribution in [0.25, 0.3) is 0 Å². The normalized spacial score (nSPS) is 17.9. The average Bonchev–Trinajstić information content (AvgIpc) is 2.97. The molecule has 0 nitrogen and oxygen atoms in total. The van der Waals surface area contributed by atoms with Gasteiger partial charge in [-0.05, 0) is 67.1 Å². The molecule has 0 saturated carbocycles. The SMILES string of the molecule is [B]c1c2c(c(C(C)(C)CC)c3c1CCC3)CCC2. The third kappa shape index (κ3) is 1.59. The Balaban J connectivity index is 2.31. The van der Waals surface area contributed by atoms with Crippen molar-refractivity contribution in [1.82, 2.24) is 0 Å². The van der Waals surface area contributed by atoms with Gasteiger partial charge in [0.15, 0.2) is 0 Å². The molecular weight excluding hydrogens is 215 g/mol. The molecule has 3 rings (SSSR count). The third-order valence-electron chi connectivity index (χ3n) is 5.25. The molecule has 0 spiro atoms. The fraction of sp³-hybridized carbons (Fsp3) is 0.647. The van der Waals surface area contributed by atoms with Gasteiger partial charge in [0.1, 0.15) is 7.85 Å². The first kappa shape index (κ1) is 12.3. The summed E-state index contributed by atoms with van der Waals surface area (Å²) in [5.74, 6) is 0. The first-order valence-corrected chi connectivity index (χ1v) is 7.51. The van der Waals surface area contributed by atoms with Crippen molar-refractivity contribution in [2.75, 3.05) is 0 Å². The van der Waals surface area contributed by atoms with Gasteiger partial charge in [0, 0.05) is 0 Å². The van der Waals surface area contributed by atoms with Crippen LogP contribution in [-0.2, 0) is 31.1 Å². The Bertz CT molecular complexity index is 462. The molecule has 0 fully saturated rings. The molecule has 1 heteroatoms. The minimum Gasteiger partial charge on any atom is -0.0898 e. The third-order valence-corrected chi connectivity index (χ3v) is 5.25. The van der Waals surface area contributed by atoms with Gasteiger partial charge in [0.2, 0.25) is 0 Å². The summed E-state index contributed by atoms with van der Waals surface area (Å²) in [5.41, 5.74) is 9.42. The van der Waals surface area contributed by atoms with Gasteiger partial charge in [0.25, 0.3) is 0 Å². The highest BCUT2D eigenvalue weighted by Crippen LogP contribution is 2.41. The number of fused-ring (bicyclic) bond motifs is 2. The molecule has 2 aliphatic carbocycles. The van der Waals surface area contributed by atoms with Crippen LogP contribution in [-0.4, -0.2) is 7.85 Å². The topological polar surface area (TPSA) is 0 Å². The highest BCUT2D eigenvalue weighted by molar-refractivity contribution is 6.35. The van der Waals surface area contributed by atoms with E-state index in [9.17, 15) is 0 Å². The maximum absolute atomic E-state index is 6.44. The predicted molar refractivity (Wildman–Crippen MR) is 79.2 cm³/mol. The summed E-state index contributed by atoms with van der Waals surface area (Å²) in [6.07, 6.45) is 8.75. The quantitative estimate of drug-likeness (QED) is 0.694. The zero-order valence-corrected chi connectivity index (χ0v) is 12.0. The van der Waals surface area contributed by atoms with Crippen LogP contribution in [0.5, 0.6) is 0 Å². The van der Waals surface area contributed by atoms with Crippen LogP contribution in [0, 0.1) is 0 Å². The molecule has 0 heterocycles. The van der Waals surface area contributed by atoms with E-state index >= 15 is 0 Å². The van der Waals surface area contributed by atoms with Crippen molar-refractivity contribution in [3.63, 3.8) is 0 Å². The molecule has 2 aliphatic rings. The fourth-order valence-electron chi connectivity index (χ4n) is 3.99. The van der Waals surface area contributed by atoms with Crippen molar-refractivity contribution in [2.45, 2.75) is 71.1 Å². The van der Waals surface area contributed by atoms with Crippen molar-refractivity contribution in [2.24, 2.45) is 0 Å². The second-order valence-electron chi connectivity index (χ2n) is 6.65.